The summed E-state index contributed by atoms with van der Waals surface area (Å²) in [5.41, 5.74) is 9.25. The van der Waals surface area contributed by atoms with Gasteiger partial charge in [-0.25, -0.2) is 0 Å². The fourth-order valence-corrected chi connectivity index (χ4v) is 2.19. The highest BCUT2D eigenvalue weighted by molar-refractivity contribution is 5.49. The number of aliphatic hydroxyl groups is 1. The Balaban J connectivity index is 2.01. The van der Waals surface area contributed by atoms with E-state index in [0.717, 1.165) is 38.2 Å². The maximum absolute atomic E-state index is 9.45. The predicted molar refractivity (Wildman–Crippen MR) is 66.1 cm³/mol. The molecule has 1 aromatic rings. The van der Waals surface area contributed by atoms with Gasteiger partial charge in [-0.15, -0.1) is 0 Å². The van der Waals surface area contributed by atoms with Gasteiger partial charge in [-0.1, -0.05) is 12.1 Å². The van der Waals surface area contributed by atoms with Crippen LogP contribution in [0.5, 0.6) is 0 Å². The molecule has 1 aromatic carbocycles. The number of hydrogen-bond acceptors (Lipinski definition) is 3. The minimum absolute atomic E-state index is 0.0989. The van der Waals surface area contributed by atoms with E-state index in [0.29, 0.717) is 0 Å². The molecule has 0 radical (unpaired) electrons. The molecule has 0 saturated carbocycles. The first-order chi connectivity index (χ1) is 7.66. The summed E-state index contributed by atoms with van der Waals surface area (Å²) in [7, 11) is 0. The highest BCUT2D eigenvalue weighted by Gasteiger charge is 2.17. The van der Waals surface area contributed by atoms with Crippen LogP contribution in [0.2, 0.25) is 0 Å². The molecule has 1 saturated heterocycles. The summed E-state index contributed by atoms with van der Waals surface area (Å²) in [6.45, 7) is 4.98. The number of rotatable bonds is 2. The number of hydrogen-bond donors (Lipinski definition) is 2. The summed E-state index contributed by atoms with van der Waals surface area (Å²) < 4.78 is 0. The van der Waals surface area contributed by atoms with Crippen LogP contribution >= 0.6 is 0 Å². The van der Waals surface area contributed by atoms with Gasteiger partial charge >= 0.3 is 0 Å². The Morgan fingerprint density at radius 2 is 2.06 bits per heavy atom. The van der Waals surface area contributed by atoms with Gasteiger partial charge in [0.15, 0.2) is 0 Å². The van der Waals surface area contributed by atoms with Crippen LogP contribution in [0.25, 0.3) is 0 Å². The van der Waals surface area contributed by atoms with Crippen LogP contribution in [-0.2, 0) is 6.54 Å². The Hall–Kier alpha value is -1.06. The minimum atomic E-state index is -0.0989. The summed E-state index contributed by atoms with van der Waals surface area (Å²) in [4.78, 5) is 2.38. The third-order valence-electron chi connectivity index (χ3n) is 3.44. The van der Waals surface area contributed by atoms with E-state index in [1.807, 2.05) is 12.1 Å². The lowest BCUT2D eigenvalue weighted by Gasteiger charge is -2.30. The van der Waals surface area contributed by atoms with Crippen molar-refractivity contribution in [2.24, 2.45) is 0 Å². The first-order valence-electron chi connectivity index (χ1n) is 5.91. The van der Waals surface area contributed by atoms with Crippen molar-refractivity contribution in [3.63, 3.8) is 0 Å². The van der Waals surface area contributed by atoms with Crippen LogP contribution in [0.1, 0.15) is 24.0 Å². The zero-order valence-corrected chi connectivity index (χ0v) is 9.82. The van der Waals surface area contributed by atoms with E-state index in [1.165, 1.54) is 11.1 Å². The highest BCUT2D eigenvalue weighted by Crippen LogP contribution is 2.19. The zero-order valence-electron chi connectivity index (χ0n) is 9.82. The number of nitrogen functional groups attached to an aromatic ring is 1. The third kappa shape index (κ3) is 2.54. The molecule has 16 heavy (non-hydrogen) atoms. The summed E-state index contributed by atoms with van der Waals surface area (Å²) in [5, 5.41) is 9.45. The van der Waals surface area contributed by atoms with E-state index in [1.54, 1.807) is 0 Å². The smallest absolute Gasteiger partial charge is 0.0564 e. The lowest BCUT2D eigenvalue weighted by molar-refractivity contribution is 0.0792. The lowest BCUT2D eigenvalue weighted by Crippen LogP contribution is -2.35. The van der Waals surface area contributed by atoms with Crippen LogP contribution in [0.15, 0.2) is 18.2 Å². The lowest BCUT2D eigenvalue weighted by atomic mass is 10.0. The molecule has 0 unspecified atom stereocenters. The Morgan fingerprint density at radius 3 is 2.75 bits per heavy atom. The molecule has 3 heteroatoms. The van der Waals surface area contributed by atoms with Gasteiger partial charge in [0.25, 0.3) is 0 Å². The van der Waals surface area contributed by atoms with Gasteiger partial charge in [-0.2, -0.15) is 0 Å². The molecule has 0 spiro atoms. The Labute approximate surface area is 96.9 Å². The molecule has 0 amide bonds. The molecular formula is C13H20N2O. The number of nitrogens with two attached hydrogens (primary N) is 1. The number of benzene rings is 1. The zero-order chi connectivity index (χ0) is 11.5. The van der Waals surface area contributed by atoms with Crippen molar-refractivity contribution in [1.82, 2.24) is 4.90 Å². The number of aliphatic hydroxyl groups excluding tert-OH is 1. The first kappa shape index (κ1) is 11.4. The van der Waals surface area contributed by atoms with E-state index < -0.39 is 0 Å². The number of piperidine rings is 1. The Bertz CT molecular complexity index is 357. The van der Waals surface area contributed by atoms with Gasteiger partial charge in [-0.05, 0) is 37.0 Å². The molecule has 1 fully saturated rings. The van der Waals surface area contributed by atoms with Crippen molar-refractivity contribution < 1.29 is 5.11 Å². The van der Waals surface area contributed by atoms with Crippen LogP contribution < -0.4 is 5.73 Å². The summed E-state index contributed by atoms with van der Waals surface area (Å²) in [5.74, 6) is 0. The summed E-state index contributed by atoms with van der Waals surface area (Å²) in [6, 6.07) is 6.09. The quantitative estimate of drug-likeness (QED) is 0.743. The Morgan fingerprint density at radius 1 is 1.38 bits per heavy atom. The van der Waals surface area contributed by atoms with Crippen LogP contribution in [0.4, 0.5) is 5.69 Å². The van der Waals surface area contributed by atoms with Crippen molar-refractivity contribution in [3.05, 3.63) is 29.3 Å². The SMILES string of the molecule is Cc1c(N)cccc1CN1CCC(O)CC1. The molecule has 0 aliphatic carbocycles. The summed E-state index contributed by atoms with van der Waals surface area (Å²) >= 11 is 0. The average molecular weight is 220 g/mol. The molecule has 0 aromatic heterocycles. The van der Waals surface area contributed by atoms with Gasteiger partial charge in [0.1, 0.15) is 0 Å². The van der Waals surface area contributed by atoms with E-state index in [2.05, 4.69) is 17.9 Å². The molecule has 0 bridgehead atoms. The van der Waals surface area contributed by atoms with E-state index in [-0.39, 0.29) is 6.10 Å². The van der Waals surface area contributed by atoms with Gasteiger partial charge in [-0.3, -0.25) is 4.90 Å². The predicted octanol–water partition coefficient (Wildman–Crippen LogP) is 1.53. The van der Waals surface area contributed by atoms with Crippen molar-refractivity contribution in [3.8, 4) is 0 Å². The van der Waals surface area contributed by atoms with Crippen molar-refractivity contribution >= 4 is 5.69 Å². The third-order valence-corrected chi connectivity index (χ3v) is 3.44. The normalized spacial score (nSPS) is 18.9. The van der Waals surface area contributed by atoms with Gasteiger partial charge < -0.3 is 10.8 Å². The van der Waals surface area contributed by atoms with Crippen LogP contribution in [-0.4, -0.2) is 29.2 Å². The fourth-order valence-electron chi connectivity index (χ4n) is 2.19. The fraction of sp³-hybridized carbons (Fsp3) is 0.538. The number of likely N-dealkylation sites (tertiary alicyclic amines) is 1. The van der Waals surface area contributed by atoms with Crippen molar-refractivity contribution in [2.45, 2.75) is 32.4 Å². The second-order valence-corrected chi connectivity index (χ2v) is 4.64. The number of nitrogens with zero attached hydrogens (tertiary/aromatic N) is 1. The van der Waals surface area contributed by atoms with Gasteiger partial charge in [0, 0.05) is 25.3 Å². The number of anilines is 1. The topological polar surface area (TPSA) is 49.5 Å². The highest BCUT2D eigenvalue weighted by atomic mass is 16.3. The maximum atomic E-state index is 9.45. The van der Waals surface area contributed by atoms with Crippen molar-refractivity contribution in [1.29, 1.82) is 0 Å². The second-order valence-electron chi connectivity index (χ2n) is 4.64. The standard InChI is InChI=1S/C13H20N2O/c1-10-11(3-2-4-13(10)14)9-15-7-5-12(16)6-8-15/h2-4,12,16H,5-9,14H2,1H3. The van der Waals surface area contributed by atoms with Crippen LogP contribution in [0, 0.1) is 6.92 Å². The van der Waals surface area contributed by atoms with Gasteiger partial charge in [0.2, 0.25) is 0 Å². The molecule has 1 aliphatic heterocycles. The molecule has 1 aliphatic rings. The molecule has 2 rings (SSSR count). The monoisotopic (exact) mass is 220 g/mol. The Kier molecular flexibility index (Phi) is 3.46. The molecule has 1 heterocycles. The van der Waals surface area contributed by atoms with Crippen LogP contribution in [0.3, 0.4) is 0 Å². The van der Waals surface area contributed by atoms with E-state index in [9.17, 15) is 5.11 Å². The molecule has 88 valence electrons. The molecule has 0 atom stereocenters. The maximum Gasteiger partial charge on any atom is 0.0564 e. The summed E-state index contributed by atoms with van der Waals surface area (Å²) in [6.07, 6.45) is 1.68. The molecule has 3 N–H and O–H groups in total. The average Bonchev–Trinajstić information content (AvgIpc) is 2.28. The minimum Gasteiger partial charge on any atom is -0.399 e. The van der Waals surface area contributed by atoms with E-state index >= 15 is 0 Å². The largest absolute Gasteiger partial charge is 0.399 e. The second kappa shape index (κ2) is 4.85. The molecule has 3 nitrogen and oxygen atoms in total. The van der Waals surface area contributed by atoms with Gasteiger partial charge in [0.05, 0.1) is 6.10 Å². The van der Waals surface area contributed by atoms with Crippen molar-refractivity contribution in [2.75, 3.05) is 18.8 Å². The first-order valence-corrected chi connectivity index (χ1v) is 5.91. The molecular weight excluding hydrogens is 200 g/mol. The van der Waals surface area contributed by atoms with E-state index in [4.69, 9.17) is 5.73 Å².